The van der Waals surface area contributed by atoms with E-state index in [9.17, 15) is 21.6 Å². The lowest BCUT2D eigenvalue weighted by molar-refractivity contribution is -0.670. The van der Waals surface area contributed by atoms with Gasteiger partial charge in [-0.3, -0.25) is 0 Å². The zero-order valence-corrected chi connectivity index (χ0v) is 13.9. The summed E-state index contributed by atoms with van der Waals surface area (Å²) in [6.07, 6.45) is 5.74. The minimum Gasteiger partial charge on any atom is -0.741 e. The minimum atomic E-state index is -6.09. The summed E-state index contributed by atoms with van der Waals surface area (Å²) in [5.41, 5.74) is -5.65. The fraction of sp³-hybridized carbons (Fsp3) is 0.700. The Morgan fingerprint density at radius 1 is 1.29 bits per heavy atom. The van der Waals surface area contributed by atoms with Crippen molar-refractivity contribution in [1.82, 2.24) is 8.28 Å². The van der Waals surface area contributed by atoms with Crippen molar-refractivity contribution in [2.45, 2.75) is 24.1 Å². The highest BCUT2D eigenvalue weighted by molar-refractivity contribution is 7.87. The van der Waals surface area contributed by atoms with E-state index in [0.29, 0.717) is 13.2 Å². The van der Waals surface area contributed by atoms with E-state index in [2.05, 4.69) is 0 Å². The molecule has 0 unspecified atom stereocenters. The van der Waals surface area contributed by atoms with Crippen LogP contribution in [0.5, 0.6) is 0 Å². The predicted octanol–water partition coefficient (Wildman–Crippen LogP) is -1.07. The van der Waals surface area contributed by atoms with Crippen molar-refractivity contribution in [2.24, 2.45) is 7.05 Å². The van der Waals surface area contributed by atoms with E-state index in [1.807, 2.05) is 0 Å². The molecule has 2 bridgehead atoms. The van der Waals surface area contributed by atoms with Gasteiger partial charge in [0, 0.05) is 6.54 Å². The lowest BCUT2D eigenvalue weighted by Crippen LogP contribution is -2.44. The molecule has 3 heterocycles. The van der Waals surface area contributed by atoms with E-state index in [4.69, 9.17) is 17.7 Å². The van der Waals surface area contributed by atoms with Gasteiger partial charge in [0.15, 0.2) is 10.1 Å². The summed E-state index contributed by atoms with van der Waals surface area (Å²) in [5.74, 6) is 0. The SMILES string of the molecule is C[n+]1ccn(S(=O)(=O)N2C[C@@H]3C[C@H]2CO3)c1.O=S(=O)([O-])C(F)(F)F. The number of fused-ring (bicyclic) bond motifs is 2. The largest absolute Gasteiger partial charge is 0.741 e. The maximum Gasteiger partial charge on any atom is 0.485 e. The Labute approximate surface area is 136 Å². The number of halogens is 3. The Kier molecular flexibility index (Phi) is 4.98. The Morgan fingerprint density at radius 3 is 2.21 bits per heavy atom. The molecule has 9 nitrogen and oxygen atoms in total. The molecule has 2 fully saturated rings. The van der Waals surface area contributed by atoms with E-state index < -0.39 is 25.8 Å². The van der Waals surface area contributed by atoms with E-state index in [0.717, 1.165) is 6.42 Å². The number of nitrogens with zero attached hydrogens (tertiary/aromatic N) is 3. The Hall–Kier alpha value is -1.22. The lowest BCUT2D eigenvalue weighted by Gasteiger charge is -2.23. The van der Waals surface area contributed by atoms with Crippen LogP contribution in [0.1, 0.15) is 6.42 Å². The molecule has 0 amide bonds. The van der Waals surface area contributed by atoms with Gasteiger partial charge >= 0.3 is 15.7 Å². The molecule has 0 radical (unpaired) electrons. The number of ether oxygens (including phenoxy) is 1. The number of aryl methyl sites for hydroxylation is 1. The molecule has 0 aromatic carbocycles. The first-order valence-electron chi connectivity index (χ1n) is 6.51. The third-order valence-electron chi connectivity index (χ3n) is 3.44. The second-order valence-corrected chi connectivity index (χ2v) is 8.39. The topological polar surface area (TPSA) is 113 Å². The van der Waals surface area contributed by atoms with Crippen LogP contribution in [0.4, 0.5) is 13.2 Å². The van der Waals surface area contributed by atoms with E-state index in [1.165, 1.54) is 3.97 Å². The normalized spacial score (nSPS) is 24.7. The Balaban J connectivity index is 0.000000224. The smallest absolute Gasteiger partial charge is 0.485 e. The van der Waals surface area contributed by atoms with Crippen molar-refractivity contribution in [2.75, 3.05) is 13.2 Å². The zero-order chi connectivity index (χ0) is 18.3. The van der Waals surface area contributed by atoms with E-state index in [-0.39, 0.29) is 12.1 Å². The maximum atomic E-state index is 12.3. The average molecular weight is 393 g/mol. The number of morpholine rings is 1. The molecule has 1 aromatic rings. The van der Waals surface area contributed by atoms with Crippen molar-refractivity contribution < 1.29 is 43.9 Å². The highest BCUT2D eigenvalue weighted by Crippen LogP contribution is 2.30. The van der Waals surface area contributed by atoms with Gasteiger partial charge in [0.2, 0.25) is 0 Å². The summed E-state index contributed by atoms with van der Waals surface area (Å²) < 4.78 is 93.3. The van der Waals surface area contributed by atoms with Crippen molar-refractivity contribution in [3.63, 3.8) is 0 Å². The first-order valence-corrected chi connectivity index (χ1v) is 9.32. The third-order valence-corrected chi connectivity index (χ3v) is 5.80. The van der Waals surface area contributed by atoms with Gasteiger partial charge in [0.05, 0.1) is 25.8 Å². The summed E-state index contributed by atoms with van der Waals surface area (Å²) >= 11 is 0. The number of hydrogen-bond donors (Lipinski definition) is 0. The number of hydrogen-bond acceptors (Lipinski definition) is 6. The van der Waals surface area contributed by atoms with Gasteiger partial charge in [-0.25, -0.2) is 13.0 Å². The van der Waals surface area contributed by atoms with Crippen LogP contribution in [0.3, 0.4) is 0 Å². The molecule has 0 N–H and O–H groups in total. The van der Waals surface area contributed by atoms with Crippen LogP contribution in [-0.2, 0) is 32.1 Å². The summed E-state index contributed by atoms with van der Waals surface area (Å²) in [4.78, 5) is 0. The van der Waals surface area contributed by atoms with Crippen LogP contribution in [0.15, 0.2) is 18.7 Å². The molecule has 3 rings (SSSR count). The van der Waals surface area contributed by atoms with Gasteiger partial charge in [-0.1, -0.05) is 0 Å². The van der Waals surface area contributed by atoms with Crippen LogP contribution >= 0.6 is 0 Å². The third kappa shape index (κ3) is 3.88. The number of aromatic nitrogens is 2. The van der Waals surface area contributed by atoms with Gasteiger partial charge in [0.1, 0.15) is 12.4 Å². The van der Waals surface area contributed by atoms with Gasteiger partial charge in [-0.2, -0.15) is 25.9 Å². The van der Waals surface area contributed by atoms with E-state index in [1.54, 1.807) is 34.6 Å². The molecule has 138 valence electrons. The molecule has 0 spiro atoms. The second-order valence-electron chi connectivity index (χ2n) is 5.23. The molecule has 24 heavy (non-hydrogen) atoms. The highest BCUT2D eigenvalue weighted by Gasteiger charge is 2.47. The zero-order valence-electron chi connectivity index (χ0n) is 12.2. The molecular formula is C10H14F3N3O6S2. The monoisotopic (exact) mass is 393 g/mol. The summed E-state index contributed by atoms with van der Waals surface area (Å²) in [6, 6.07) is 0.0164. The van der Waals surface area contributed by atoms with Gasteiger partial charge < -0.3 is 9.29 Å². The van der Waals surface area contributed by atoms with Crippen LogP contribution in [-0.4, -0.2) is 60.5 Å². The molecule has 2 aliphatic heterocycles. The van der Waals surface area contributed by atoms with E-state index >= 15 is 0 Å². The molecule has 0 saturated carbocycles. The quantitative estimate of drug-likeness (QED) is 0.359. The van der Waals surface area contributed by atoms with Gasteiger partial charge in [0.25, 0.3) is 6.33 Å². The lowest BCUT2D eigenvalue weighted by atomic mass is 10.3. The first-order chi connectivity index (χ1) is 10.8. The number of rotatable bonds is 2. The van der Waals surface area contributed by atoms with Crippen LogP contribution in [0, 0.1) is 0 Å². The van der Waals surface area contributed by atoms with Gasteiger partial charge in [-0.05, 0) is 6.42 Å². The summed E-state index contributed by atoms with van der Waals surface area (Å²) in [7, 11) is -7.69. The molecule has 14 heteroatoms. The highest BCUT2D eigenvalue weighted by atomic mass is 32.2. The maximum absolute atomic E-state index is 12.3. The standard InChI is InChI=1S/C9H14N3O3S.CHF3O3S/c1-10-2-3-11(7-10)16(13,14)12-5-9-4-8(12)6-15-9;2-1(3,4)8(5,6)7/h2-3,7-9H,4-6H2,1H3;(H,5,6,7)/q+1;/p-1/t8-,9-;/m0./s1. The van der Waals surface area contributed by atoms with Crippen LogP contribution in [0.2, 0.25) is 0 Å². The minimum absolute atomic E-state index is 0.0164. The molecule has 1 aromatic heterocycles. The first kappa shape index (κ1) is 19.1. The summed E-state index contributed by atoms with van der Waals surface area (Å²) in [5, 5.41) is 0. The fourth-order valence-corrected chi connectivity index (χ4v) is 3.93. The molecular weight excluding hydrogens is 379 g/mol. The molecule has 2 saturated heterocycles. The molecule has 2 atom stereocenters. The molecule has 0 aliphatic carbocycles. The van der Waals surface area contributed by atoms with Crippen molar-refractivity contribution in [3.8, 4) is 0 Å². The number of alkyl halides is 3. The molecule has 2 aliphatic rings. The predicted molar refractivity (Wildman–Crippen MR) is 70.5 cm³/mol. The summed E-state index contributed by atoms with van der Waals surface area (Å²) in [6.45, 7) is 1.01. The van der Waals surface area contributed by atoms with Crippen LogP contribution < -0.4 is 4.57 Å². The van der Waals surface area contributed by atoms with Gasteiger partial charge in [-0.15, -0.1) is 3.97 Å². The number of imidazole rings is 1. The fourth-order valence-electron chi connectivity index (χ4n) is 2.33. The Bertz CT molecular complexity index is 804. The second kappa shape index (κ2) is 6.25. The Morgan fingerprint density at radius 2 is 1.88 bits per heavy atom. The van der Waals surface area contributed by atoms with Crippen molar-refractivity contribution in [3.05, 3.63) is 18.7 Å². The van der Waals surface area contributed by atoms with Crippen molar-refractivity contribution in [1.29, 1.82) is 0 Å². The van der Waals surface area contributed by atoms with Crippen LogP contribution in [0.25, 0.3) is 0 Å². The average Bonchev–Trinajstić information content (AvgIpc) is 3.12. The van der Waals surface area contributed by atoms with Crippen molar-refractivity contribution >= 4 is 20.3 Å².